The predicted octanol–water partition coefficient (Wildman–Crippen LogP) is 2.37. The number of fused-ring (bicyclic) bond motifs is 1. The maximum Gasteiger partial charge on any atom is 0.416 e. The van der Waals surface area contributed by atoms with E-state index in [4.69, 9.17) is 4.74 Å². The smallest absolute Gasteiger partial charge is 0.416 e. The van der Waals surface area contributed by atoms with Crippen molar-refractivity contribution in [3.8, 4) is 0 Å². The zero-order valence-corrected chi connectivity index (χ0v) is 11.2. The van der Waals surface area contributed by atoms with Crippen molar-refractivity contribution >= 4 is 17.0 Å². The summed E-state index contributed by atoms with van der Waals surface area (Å²) in [4.78, 5) is 15.5. The van der Waals surface area contributed by atoms with E-state index in [2.05, 4.69) is 4.98 Å². The van der Waals surface area contributed by atoms with Gasteiger partial charge in [0.15, 0.2) is 0 Å². The third-order valence-corrected chi connectivity index (χ3v) is 2.87. The van der Waals surface area contributed by atoms with E-state index < -0.39 is 17.7 Å². The van der Waals surface area contributed by atoms with Gasteiger partial charge in [0.25, 0.3) is 0 Å². The lowest BCUT2D eigenvalue weighted by Crippen LogP contribution is -2.34. The van der Waals surface area contributed by atoms with Crippen LogP contribution in [0.2, 0.25) is 0 Å². The monoisotopic (exact) mass is 300 g/mol. The first kappa shape index (κ1) is 15.0. The summed E-state index contributed by atoms with van der Waals surface area (Å²) < 4.78 is 43.1. The molecule has 0 unspecified atom stereocenters. The van der Waals surface area contributed by atoms with Gasteiger partial charge in [-0.3, -0.25) is 0 Å². The molecule has 0 amide bonds. The Bertz CT molecular complexity index is 714. The topological polar surface area (TPSA) is 66.1 Å². The molecule has 0 aliphatic heterocycles. The summed E-state index contributed by atoms with van der Waals surface area (Å²) in [5.41, 5.74) is -1.53. The summed E-state index contributed by atoms with van der Waals surface area (Å²) in [6, 6.07) is 2.55. The Labute approximate surface area is 117 Å². The van der Waals surface area contributed by atoms with Gasteiger partial charge in [0.1, 0.15) is 5.52 Å². The fraction of sp³-hybridized carbons (Fsp3) is 0.308. The van der Waals surface area contributed by atoms with Crippen LogP contribution in [0.15, 0.2) is 18.2 Å². The molecule has 0 bridgehead atoms. The molecule has 0 aliphatic rings. The highest BCUT2D eigenvalue weighted by Crippen LogP contribution is 2.30. The maximum atomic E-state index is 12.7. The standard InChI is InChI=1S/C13H11F3N2O3/c1-3-21-12(19)11-7(2)18(20)10-5-4-8(13(14,15)16)6-9(10)17-11/h4-6H,3H2,1-2H3. The van der Waals surface area contributed by atoms with Gasteiger partial charge in [0.05, 0.1) is 12.2 Å². The zero-order chi connectivity index (χ0) is 15.8. The Morgan fingerprint density at radius 3 is 2.67 bits per heavy atom. The second kappa shape index (κ2) is 5.19. The van der Waals surface area contributed by atoms with E-state index in [0.717, 1.165) is 18.2 Å². The second-order valence-corrected chi connectivity index (χ2v) is 4.26. The van der Waals surface area contributed by atoms with Crippen LogP contribution in [0.3, 0.4) is 0 Å². The van der Waals surface area contributed by atoms with Crippen molar-refractivity contribution in [2.24, 2.45) is 0 Å². The molecular formula is C13H11F3N2O3. The fourth-order valence-electron chi connectivity index (χ4n) is 1.83. The van der Waals surface area contributed by atoms with Crippen LogP contribution in [-0.2, 0) is 10.9 Å². The van der Waals surface area contributed by atoms with Crippen LogP contribution in [0.4, 0.5) is 13.2 Å². The van der Waals surface area contributed by atoms with E-state index in [1.807, 2.05) is 0 Å². The molecule has 0 aliphatic carbocycles. The third-order valence-electron chi connectivity index (χ3n) is 2.87. The highest BCUT2D eigenvalue weighted by molar-refractivity contribution is 5.90. The van der Waals surface area contributed by atoms with Crippen LogP contribution < -0.4 is 4.73 Å². The Kier molecular flexibility index (Phi) is 3.71. The van der Waals surface area contributed by atoms with Crippen molar-refractivity contribution < 1.29 is 27.4 Å². The minimum Gasteiger partial charge on any atom is -0.618 e. The molecule has 8 heteroatoms. The summed E-state index contributed by atoms with van der Waals surface area (Å²) in [5.74, 6) is -0.848. The summed E-state index contributed by atoms with van der Waals surface area (Å²) >= 11 is 0. The van der Waals surface area contributed by atoms with Gasteiger partial charge in [-0.05, 0) is 19.1 Å². The highest BCUT2D eigenvalue weighted by Gasteiger charge is 2.32. The number of hydrogen-bond acceptors (Lipinski definition) is 4. The van der Waals surface area contributed by atoms with Crippen LogP contribution in [0, 0.1) is 12.1 Å². The average Bonchev–Trinajstić information content (AvgIpc) is 2.41. The van der Waals surface area contributed by atoms with Crippen molar-refractivity contribution in [3.63, 3.8) is 0 Å². The average molecular weight is 300 g/mol. The molecule has 1 heterocycles. The molecule has 0 spiro atoms. The minimum atomic E-state index is -4.56. The van der Waals surface area contributed by atoms with Gasteiger partial charge in [-0.25, -0.2) is 9.78 Å². The second-order valence-electron chi connectivity index (χ2n) is 4.26. The summed E-state index contributed by atoms with van der Waals surface area (Å²) in [6.45, 7) is 2.99. The van der Waals surface area contributed by atoms with E-state index in [0.29, 0.717) is 4.73 Å². The van der Waals surface area contributed by atoms with Crippen molar-refractivity contribution in [1.29, 1.82) is 0 Å². The molecule has 0 radical (unpaired) electrons. The van der Waals surface area contributed by atoms with E-state index in [1.165, 1.54) is 6.92 Å². The van der Waals surface area contributed by atoms with Crippen molar-refractivity contribution in [3.05, 3.63) is 40.4 Å². The van der Waals surface area contributed by atoms with Crippen molar-refractivity contribution in [2.45, 2.75) is 20.0 Å². The number of benzene rings is 1. The number of alkyl halides is 3. The molecule has 0 fully saturated rings. The normalized spacial score (nSPS) is 11.7. The van der Waals surface area contributed by atoms with Crippen LogP contribution in [0.1, 0.15) is 28.7 Å². The molecule has 0 atom stereocenters. The number of nitrogens with zero attached hydrogens (tertiary/aromatic N) is 2. The summed E-state index contributed by atoms with van der Waals surface area (Å²) in [5, 5.41) is 12.0. The van der Waals surface area contributed by atoms with Gasteiger partial charge in [-0.1, -0.05) is 0 Å². The molecule has 0 saturated heterocycles. The molecule has 5 nitrogen and oxygen atoms in total. The van der Waals surface area contributed by atoms with Gasteiger partial charge in [0, 0.05) is 13.0 Å². The minimum absolute atomic E-state index is 0.0271. The van der Waals surface area contributed by atoms with E-state index >= 15 is 0 Å². The largest absolute Gasteiger partial charge is 0.618 e. The number of ether oxygens (including phenoxy) is 1. The zero-order valence-electron chi connectivity index (χ0n) is 11.2. The number of esters is 1. The molecule has 1 aromatic carbocycles. The quantitative estimate of drug-likeness (QED) is 0.485. The molecule has 2 aromatic rings. The van der Waals surface area contributed by atoms with Gasteiger partial charge in [-0.15, -0.1) is 0 Å². The Morgan fingerprint density at radius 2 is 2.10 bits per heavy atom. The first-order valence-corrected chi connectivity index (χ1v) is 6.04. The maximum absolute atomic E-state index is 12.7. The molecular weight excluding hydrogens is 289 g/mol. The number of carbonyl (C=O) groups excluding carboxylic acids is 1. The molecule has 1 aromatic heterocycles. The lowest BCUT2D eigenvalue weighted by atomic mass is 10.1. The number of rotatable bonds is 2. The fourth-order valence-corrected chi connectivity index (χ4v) is 1.83. The SMILES string of the molecule is CCOC(=O)c1nc2cc(C(F)(F)F)ccc2[n+]([O-])c1C. The van der Waals surface area contributed by atoms with Gasteiger partial charge < -0.3 is 9.94 Å². The van der Waals surface area contributed by atoms with Crippen LogP contribution in [0.5, 0.6) is 0 Å². The summed E-state index contributed by atoms with van der Waals surface area (Å²) in [6.07, 6.45) is -4.56. The summed E-state index contributed by atoms with van der Waals surface area (Å²) in [7, 11) is 0. The van der Waals surface area contributed by atoms with Gasteiger partial charge in [-0.2, -0.15) is 17.9 Å². The van der Waals surface area contributed by atoms with E-state index in [-0.39, 0.29) is 29.0 Å². The predicted molar refractivity (Wildman–Crippen MR) is 66.4 cm³/mol. The number of halogens is 3. The number of carbonyl (C=O) groups is 1. The number of hydrogen-bond donors (Lipinski definition) is 0. The Balaban J connectivity index is 2.68. The molecule has 21 heavy (non-hydrogen) atoms. The molecule has 0 saturated carbocycles. The third kappa shape index (κ3) is 2.74. The molecule has 0 N–H and O–H groups in total. The molecule has 112 valence electrons. The first-order chi connectivity index (χ1) is 9.75. The highest BCUT2D eigenvalue weighted by atomic mass is 19.4. The van der Waals surface area contributed by atoms with E-state index in [9.17, 15) is 23.2 Å². The number of aromatic nitrogens is 2. The Morgan fingerprint density at radius 1 is 1.43 bits per heavy atom. The van der Waals surface area contributed by atoms with Gasteiger partial charge in [0.2, 0.25) is 16.9 Å². The van der Waals surface area contributed by atoms with Crippen molar-refractivity contribution in [2.75, 3.05) is 6.61 Å². The van der Waals surface area contributed by atoms with Crippen LogP contribution >= 0.6 is 0 Å². The Hall–Kier alpha value is -2.38. The first-order valence-electron chi connectivity index (χ1n) is 6.04. The van der Waals surface area contributed by atoms with E-state index in [1.54, 1.807) is 6.92 Å². The lowest BCUT2D eigenvalue weighted by Gasteiger charge is -2.10. The van der Waals surface area contributed by atoms with Crippen molar-refractivity contribution in [1.82, 2.24) is 4.98 Å². The van der Waals surface area contributed by atoms with Crippen LogP contribution in [0.25, 0.3) is 11.0 Å². The van der Waals surface area contributed by atoms with Crippen LogP contribution in [-0.4, -0.2) is 17.6 Å². The lowest BCUT2D eigenvalue weighted by molar-refractivity contribution is -0.584. The van der Waals surface area contributed by atoms with Gasteiger partial charge >= 0.3 is 12.1 Å². The molecule has 2 rings (SSSR count).